The highest BCUT2D eigenvalue weighted by molar-refractivity contribution is 6.24. The highest BCUT2D eigenvalue weighted by Crippen LogP contribution is 2.47. The van der Waals surface area contributed by atoms with Crippen molar-refractivity contribution in [3.8, 4) is 34.3 Å². The number of nitrogens with zero attached hydrogens (tertiary/aromatic N) is 1. The van der Waals surface area contributed by atoms with Crippen LogP contribution in [-0.2, 0) is 17.8 Å². The number of benzene rings is 2. The number of ether oxygens (including phenoxy) is 4. The Bertz CT molecular complexity index is 1400. The number of allylic oxidation sites excluding steroid dienone is 1. The smallest absolute Gasteiger partial charge is 0.231 e. The third-order valence-electron chi connectivity index (χ3n) is 6.77. The lowest BCUT2D eigenvalue weighted by Gasteiger charge is -2.24. The lowest BCUT2D eigenvalue weighted by molar-refractivity contribution is -0.688. The van der Waals surface area contributed by atoms with Crippen LogP contribution in [-0.4, -0.2) is 19.4 Å². The van der Waals surface area contributed by atoms with Crippen LogP contribution < -0.4 is 23.5 Å². The number of fused-ring (bicyclic) bond motifs is 7. The zero-order valence-electron chi connectivity index (χ0n) is 19.3. The summed E-state index contributed by atoms with van der Waals surface area (Å²) in [5, 5.41) is 1.91. The highest BCUT2D eigenvalue weighted by atomic mass is 16.7. The number of hydrogen-bond donors (Lipinski definition) is 0. The zero-order valence-corrected chi connectivity index (χ0v) is 19.3. The maximum Gasteiger partial charge on any atom is 0.231 e. The Morgan fingerprint density at radius 2 is 1.70 bits per heavy atom. The maximum absolute atomic E-state index is 13.5. The van der Waals surface area contributed by atoms with E-state index in [0.717, 1.165) is 57.8 Å². The number of aromatic nitrogens is 1. The molecule has 6 nitrogen and oxygen atoms in total. The minimum atomic E-state index is -0.560. The molecule has 0 saturated carbocycles. The molecule has 0 unspecified atom stereocenters. The van der Waals surface area contributed by atoms with Crippen LogP contribution in [0.15, 0.2) is 30.8 Å². The molecule has 3 aliphatic heterocycles. The van der Waals surface area contributed by atoms with Crippen LogP contribution in [0.5, 0.6) is 23.0 Å². The Kier molecular flexibility index (Phi) is 4.10. The first-order valence-corrected chi connectivity index (χ1v) is 11.2. The Hall–Kier alpha value is -3.54. The molecule has 0 fully saturated rings. The molecule has 0 bridgehead atoms. The van der Waals surface area contributed by atoms with Crippen LogP contribution in [0.2, 0.25) is 0 Å². The van der Waals surface area contributed by atoms with Crippen molar-refractivity contribution in [2.45, 2.75) is 40.7 Å². The third kappa shape index (κ3) is 2.79. The first kappa shape index (κ1) is 20.1. The van der Waals surface area contributed by atoms with Crippen molar-refractivity contribution in [2.75, 3.05) is 13.6 Å². The molecule has 3 aromatic rings. The monoisotopic (exact) mass is 444 g/mol. The summed E-state index contributed by atoms with van der Waals surface area (Å²) in [6, 6.07) is 8.14. The minimum Gasteiger partial charge on any atom is -0.454 e. The van der Waals surface area contributed by atoms with Crippen LogP contribution in [0.25, 0.3) is 27.6 Å². The average Bonchev–Trinajstić information content (AvgIpc) is 3.44. The second-order valence-electron chi connectivity index (χ2n) is 9.87. The highest BCUT2D eigenvalue weighted by Gasteiger charge is 2.39. The van der Waals surface area contributed by atoms with E-state index < -0.39 is 5.41 Å². The van der Waals surface area contributed by atoms with Gasteiger partial charge in [0.2, 0.25) is 25.0 Å². The zero-order chi connectivity index (χ0) is 23.1. The fourth-order valence-electron chi connectivity index (χ4n) is 5.19. The summed E-state index contributed by atoms with van der Waals surface area (Å²) in [7, 11) is 0. The molecule has 3 aliphatic rings. The fourth-order valence-corrected chi connectivity index (χ4v) is 5.19. The number of carbonyl (C=O) groups excluding carboxylic acids is 1. The van der Waals surface area contributed by atoms with Crippen molar-refractivity contribution in [3.63, 3.8) is 0 Å². The number of hydrogen-bond acceptors (Lipinski definition) is 5. The molecule has 0 N–H and O–H groups in total. The van der Waals surface area contributed by atoms with Crippen molar-refractivity contribution < 1.29 is 28.3 Å². The molecule has 1 aromatic heterocycles. The number of aryl methyl sites for hydroxylation is 2. The van der Waals surface area contributed by atoms with Gasteiger partial charge >= 0.3 is 0 Å². The molecule has 4 heterocycles. The number of pyridine rings is 1. The summed E-state index contributed by atoms with van der Waals surface area (Å²) < 4.78 is 25.1. The van der Waals surface area contributed by atoms with E-state index in [-0.39, 0.29) is 19.4 Å². The number of carbonyl (C=O) groups is 1. The number of rotatable bonds is 2. The Labute approximate surface area is 192 Å². The lowest BCUT2D eigenvalue weighted by atomic mass is 9.83. The van der Waals surface area contributed by atoms with Crippen LogP contribution in [0.1, 0.15) is 37.6 Å². The van der Waals surface area contributed by atoms with Gasteiger partial charge in [-0.2, -0.15) is 4.57 Å². The van der Waals surface area contributed by atoms with Crippen molar-refractivity contribution >= 4 is 22.1 Å². The number of ketones is 1. The Morgan fingerprint density at radius 3 is 2.45 bits per heavy atom. The first-order valence-electron chi connectivity index (χ1n) is 11.2. The topological polar surface area (TPSA) is 57.9 Å². The molecule has 0 amide bonds. The van der Waals surface area contributed by atoms with E-state index in [1.165, 1.54) is 5.56 Å². The van der Waals surface area contributed by atoms with E-state index in [1.54, 1.807) is 0 Å². The van der Waals surface area contributed by atoms with Crippen molar-refractivity contribution in [1.82, 2.24) is 0 Å². The van der Waals surface area contributed by atoms with E-state index in [1.807, 2.05) is 26.8 Å². The third-order valence-corrected chi connectivity index (χ3v) is 6.77. The quantitative estimate of drug-likeness (QED) is 0.422. The summed E-state index contributed by atoms with van der Waals surface area (Å²) in [5.41, 5.74) is 5.22. The van der Waals surface area contributed by atoms with Crippen LogP contribution in [0.3, 0.4) is 0 Å². The van der Waals surface area contributed by atoms with E-state index in [9.17, 15) is 4.79 Å². The number of Topliss-reactive ketones (excluding diaryl/α,β-unsaturated/α-hetero) is 1. The summed E-state index contributed by atoms with van der Waals surface area (Å²) >= 11 is 0. The van der Waals surface area contributed by atoms with Crippen LogP contribution >= 0.6 is 0 Å². The Morgan fingerprint density at radius 1 is 1.00 bits per heavy atom. The average molecular weight is 445 g/mol. The normalized spacial score (nSPS) is 15.4. The maximum atomic E-state index is 13.5. The first-order chi connectivity index (χ1) is 15.8. The summed E-state index contributed by atoms with van der Waals surface area (Å²) in [6.07, 6.45) is 0.810. The van der Waals surface area contributed by atoms with Crippen LogP contribution in [0.4, 0.5) is 0 Å². The molecule has 0 atom stereocenters. The molecule has 6 heteroatoms. The van der Waals surface area contributed by atoms with Crippen molar-refractivity contribution in [1.29, 1.82) is 0 Å². The summed E-state index contributed by atoms with van der Waals surface area (Å²) in [4.78, 5) is 13.5. The molecule has 0 spiro atoms. The lowest BCUT2D eigenvalue weighted by Crippen LogP contribution is -2.46. The van der Waals surface area contributed by atoms with E-state index in [2.05, 4.69) is 36.3 Å². The second-order valence-corrected chi connectivity index (χ2v) is 9.87. The Balaban J connectivity index is 1.72. The second kappa shape index (κ2) is 6.73. The van der Waals surface area contributed by atoms with Crippen molar-refractivity contribution in [3.05, 3.63) is 47.7 Å². The van der Waals surface area contributed by atoms with E-state index in [4.69, 9.17) is 18.9 Å². The van der Waals surface area contributed by atoms with Gasteiger partial charge in [-0.3, -0.25) is 4.79 Å². The van der Waals surface area contributed by atoms with Gasteiger partial charge in [-0.1, -0.05) is 27.4 Å². The van der Waals surface area contributed by atoms with Gasteiger partial charge < -0.3 is 18.9 Å². The van der Waals surface area contributed by atoms with Gasteiger partial charge in [0.15, 0.2) is 35.3 Å². The minimum absolute atomic E-state index is 0.00959. The molecule has 2 aromatic carbocycles. The molecule has 6 rings (SSSR count). The van der Waals surface area contributed by atoms with Gasteiger partial charge in [-0.25, -0.2) is 0 Å². The van der Waals surface area contributed by atoms with Gasteiger partial charge in [0.25, 0.3) is 0 Å². The molecule has 0 saturated heterocycles. The van der Waals surface area contributed by atoms with Gasteiger partial charge in [-0.15, -0.1) is 0 Å². The molecule has 33 heavy (non-hydrogen) atoms. The van der Waals surface area contributed by atoms with E-state index >= 15 is 0 Å². The molecule has 168 valence electrons. The van der Waals surface area contributed by atoms with E-state index in [0.29, 0.717) is 17.1 Å². The fraction of sp³-hybridized carbons (Fsp3) is 0.333. The summed E-state index contributed by atoms with van der Waals surface area (Å²) in [6.45, 7) is 13.3. The molecule has 0 radical (unpaired) electrons. The SMILES string of the molecule is C=C(C(=O)C(C)(C)C)c1c2c3c(ccc2c(C)c2[n+]1CCc1cc4c(cc1-2)OCO4)OCO3. The summed E-state index contributed by atoms with van der Waals surface area (Å²) in [5.74, 6) is 2.92. The molecular formula is C27H26NO5+. The molecular weight excluding hydrogens is 418 g/mol. The predicted octanol–water partition coefficient (Wildman–Crippen LogP) is 4.74. The van der Waals surface area contributed by atoms with Gasteiger partial charge in [-0.05, 0) is 36.8 Å². The van der Waals surface area contributed by atoms with Gasteiger partial charge in [0.05, 0.1) is 11.1 Å². The largest absolute Gasteiger partial charge is 0.454 e. The van der Waals surface area contributed by atoms with Crippen molar-refractivity contribution in [2.24, 2.45) is 5.41 Å². The van der Waals surface area contributed by atoms with Gasteiger partial charge in [0, 0.05) is 22.8 Å². The standard InChI is InChI=1S/C27H26NO5/c1-14-17-6-7-19-25(33-13-30-19)22(17)24(15(2)26(29)27(3,4)5)28-9-8-16-10-20-21(32-12-31-20)11-18(16)23(14)28/h6-7,10-11H,2,8-9,12-13H2,1,3-5H3/q+1. The van der Waals surface area contributed by atoms with Gasteiger partial charge in [0.1, 0.15) is 5.39 Å². The molecule has 0 aliphatic carbocycles. The van der Waals surface area contributed by atoms with Crippen LogP contribution in [0, 0.1) is 12.3 Å². The predicted molar refractivity (Wildman–Crippen MR) is 124 cm³/mol.